The van der Waals surface area contributed by atoms with Gasteiger partial charge in [0.25, 0.3) is 0 Å². The SMILES string of the molecule is CC1(C)COCCN1c1nc2c(cc1C(=N)N)CCCC2. The van der Waals surface area contributed by atoms with Crippen LogP contribution in [0, 0.1) is 5.41 Å². The molecule has 1 fully saturated rings. The highest BCUT2D eigenvalue weighted by Crippen LogP contribution is 2.31. The predicted molar refractivity (Wildman–Crippen MR) is 84.1 cm³/mol. The molecule has 0 bridgehead atoms. The lowest BCUT2D eigenvalue weighted by Gasteiger charge is -2.44. The van der Waals surface area contributed by atoms with Crippen molar-refractivity contribution in [1.29, 1.82) is 5.41 Å². The molecule has 3 N–H and O–H groups in total. The van der Waals surface area contributed by atoms with Gasteiger partial charge in [0.15, 0.2) is 0 Å². The summed E-state index contributed by atoms with van der Waals surface area (Å²) < 4.78 is 5.60. The standard InChI is InChI=1S/C16H24N4O/c1-16(2)10-21-8-7-20(16)15-12(14(17)18)9-11-5-3-4-6-13(11)19-15/h9H,3-8,10H2,1-2H3,(H3,17,18). The molecule has 0 aromatic carbocycles. The van der Waals surface area contributed by atoms with Crippen molar-refractivity contribution in [3.63, 3.8) is 0 Å². The molecule has 114 valence electrons. The van der Waals surface area contributed by atoms with Gasteiger partial charge in [0.05, 0.1) is 24.3 Å². The molecule has 0 atom stereocenters. The van der Waals surface area contributed by atoms with Gasteiger partial charge in [-0.2, -0.15) is 0 Å². The number of amidine groups is 1. The fourth-order valence-electron chi connectivity index (χ4n) is 3.28. The highest BCUT2D eigenvalue weighted by Gasteiger charge is 2.34. The maximum atomic E-state index is 7.92. The fourth-order valence-corrected chi connectivity index (χ4v) is 3.28. The summed E-state index contributed by atoms with van der Waals surface area (Å²) >= 11 is 0. The Kier molecular flexibility index (Phi) is 3.61. The summed E-state index contributed by atoms with van der Waals surface area (Å²) in [6.45, 7) is 6.45. The van der Waals surface area contributed by atoms with Gasteiger partial charge in [0.1, 0.15) is 11.7 Å². The number of rotatable bonds is 2. The van der Waals surface area contributed by atoms with E-state index in [-0.39, 0.29) is 11.4 Å². The van der Waals surface area contributed by atoms with Gasteiger partial charge in [-0.05, 0) is 51.2 Å². The summed E-state index contributed by atoms with van der Waals surface area (Å²) in [6.07, 6.45) is 4.49. The molecule has 1 aromatic rings. The number of nitrogens with one attached hydrogen (secondary N) is 1. The quantitative estimate of drug-likeness (QED) is 0.643. The number of nitrogens with two attached hydrogens (primary N) is 1. The van der Waals surface area contributed by atoms with Crippen LogP contribution in [-0.2, 0) is 17.6 Å². The highest BCUT2D eigenvalue weighted by molar-refractivity contribution is 6.00. The van der Waals surface area contributed by atoms with Gasteiger partial charge in [0.2, 0.25) is 0 Å². The predicted octanol–water partition coefficient (Wildman–Crippen LogP) is 1.86. The van der Waals surface area contributed by atoms with E-state index in [2.05, 4.69) is 24.8 Å². The number of pyridine rings is 1. The first kappa shape index (κ1) is 14.3. The van der Waals surface area contributed by atoms with Crippen LogP contribution in [0.4, 0.5) is 5.82 Å². The normalized spacial score (nSPS) is 21.0. The molecule has 1 saturated heterocycles. The third-order valence-corrected chi connectivity index (χ3v) is 4.47. The van der Waals surface area contributed by atoms with Crippen LogP contribution in [0.2, 0.25) is 0 Å². The molecule has 3 rings (SSSR count). The molecule has 0 amide bonds. The van der Waals surface area contributed by atoms with E-state index >= 15 is 0 Å². The van der Waals surface area contributed by atoms with Gasteiger partial charge in [-0.15, -0.1) is 0 Å². The molecular formula is C16H24N4O. The Morgan fingerprint density at radius 3 is 2.86 bits per heavy atom. The summed E-state index contributed by atoms with van der Waals surface area (Å²) in [7, 11) is 0. The molecule has 2 heterocycles. The maximum absolute atomic E-state index is 7.92. The Morgan fingerprint density at radius 2 is 2.14 bits per heavy atom. The van der Waals surface area contributed by atoms with E-state index in [0.717, 1.165) is 30.8 Å². The Morgan fingerprint density at radius 1 is 1.38 bits per heavy atom. The zero-order valence-corrected chi connectivity index (χ0v) is 12.9. The van der Waals surface area contributed by atoms with Crippen LogP contribution in [-0.4, -0.2) is 36.1 Å². The van der Waals surface area contributed by atoms with Crippen LogP contribution >= 0.6 is 0 Å². The van der Waals surface area contributed by atoms with Crippen LogP contribution in [0.1, 0.15) is 43.5 Å². The largest absolute Gasteiger partial charge is 0.384 e. The number of ether oxygens (including phenoxy) is 1. The van der Waals surface area contributed by atoms with E-state index in [9.17, 15) is 0 Å². The summed E-state index contributed by atoms with van der Waals surface area (Å²) in [5.41, 5.74) is 8.92. The number of aryl methyl sites for hydroxylation is 2. The summed E-state index contributed by atoms with van der Waals surface area (Å²) in [5.74, 6) is 0.963. The van der Waals surface area contributed by atoms with Crippen LogP contribution < -0.4 is 10.6 Å². The van der Waals surface area contributed by atoms with Gasteiger partial charge in [-0.1, -0.05) is 0 Å². The molecule has 0 saturated carbocycles. The first-order valence-corrected chi connectivity index (χ1v) is 7.71. The smallest absolute Gasteiger partial charge is 0.140 e. The number of hydrogen-bond donors (Lipinski definition) is 2. The van der Waals surface area contributed by atoms with Crippen LogP contribution in [0.25, 0.3) is 0 Å². The van der Waals surface area contributed by atoms with Crippen molar-refractivity contribution in [2.45, 2.75) is 45.1 Å². The number of aromatic nitrogens is 1. The van der Waals surface area contributed by atoms with Crippen molar-refractivity contribution >= 4 is 11.7 Å². The number of hydrogen-bond acceptors (Lipinski definition) is 4. The minimum Gasteiger partial charge on any atom is -0.384 e. The second-order valence-corrected chi connectivity index (χ2v) is 6.60. The topological polar surface area (TPSA) is 75.2 Å². The van der Waals surface area contributed by atoms with Crippen molar-refractivity contribution in [1.82, 2.24) is 4.98 Å². The molecule has 1 aliphatic carbocycles. The Bertz CT molecular complexity index is 568. The minimum atomic E-state index is -0.127. The Balaban J connectivity index is 2.09. The van der Waals surface area contributed by atoms with Crippen molar-refractivity contribution < 1.29 is 4.74 Å². The Labute approximate surface area is 126 Å². The summed E-state index contributed by atoms with van der Waals surface area (Å²) in [5, 5.41) is 7.92. The zero-order chi connectivity index (χ0) is 15.0. The minimum absolute atomic E-state index is 0.105. The zero-order valence-electron chi connectivity index (χ0n) is 12.9. The first-order valence-electron chi connectivity index (χ1n) is 7.71. The van der Waals surface area contributed by atoms with Gasteiger partial charge < -0.3 is 15.4 Å². The van der Waals surface area contributed by atoms with E-state index in [4.69, 9.17) is 20.9 Å². The average Bonchev–Trinajstić information content (AvgIpc) is 2.45. The third-order valence-electron chi connectivity index (χ3n) is 4.47. The summed E-state index contributed by atoms with van der Waals surface area (Å²) in [4.78, 5) is 7.16. The monoisotopic (exact) mass is 288 g/mol. The van der Waals surface area contributed by atoms with E-state index in [1.54, 1.807) is 0 Å². The third kappa shape index (κ3) is 2.62. The molecular weight excluding hydrogens is 264 g/mol. The molecule has 0 unspecified atom stereocenters. The molecule has 0 spiro atoms. The van der Waals surface area contributed by atoms with Gasteiger partial charge in [-0.3, -0.25) is 5.41 Å². The number of nitrogen functional groups attached to an aromatic ring is 1. The molecule has 5 nitrogen and oxygen atoms in total. The van der Waals surface area contributed by atoms with E-state index < -0.39 is 0 Å². The number of anilines is 1. The van der Waals surface area contributed by atoms with Crippen molar-refractivity contribution in [2.75, 3.05) is 24.7 Å². The van der Waals surface area contributed by atoms with Crippen molar-refractivity contribution in [3.05, 3.63) is 22.9 Å². The second-order valence-electron chi connectivity index (χ2n) is 6.60. The van der Waals surface area contributed by atoms with Crippen LogP contribution in [0.3, 0.4) is 0 Å². The Hall–Kier alpha value is -1.62. The van der Waals surface area contributed by atoms with Crippen LogP contribution in [0.15, 0.2) is 6.07 Å². The molecule has 2 aliphatic rings. The fraction of sp³-hybridized carbons (Fsp3) is 0.625. The lowest BCUT2D eigenvalue weighted by Crippen LogP contribution is -2.54. The molecule has 0 radical (unpaired) electrons. The van der Waals surface area contributed by atoms with Gasteiger partial charge >= 0.3 is 0 Å². The van der Waals surface area contributed by atoms with Crippen molar-refractivity contribution in [2.24, 2.45) is 5.73 Å². The molecule has 21 heavy (non-hydrogen) atoms. The van der Waals surface area contributed by atoms with Gasteiger partial charge in [-0.25, -0.2) is 4.98 Å². The van der Waals surface area contributed by atoms with Gasteiger partial charge in [0, 0.05) is 12.2 Å². The lowest BCUT2D eigenvalue weighted by atomic mass is 9.93. The maximum Gasteiger partial charge on any atom is 0.140 e. The highest BCUT2D eigenvalue weighted by atomic mass is 16.5. The summed E-state index contributed by atoms with van der Waals surface area (Å²) in [6, 6.07) is 2.09. The van der Waals surface area contributed by atoms with E-state index in [1.807, 2.05) is 0 Å². The first-order chi connectivity index (χ1) is 9.99. The molecule has 1 aliphatic heterocycles. The van der Waals surface area contributed by atoms with E-state index in [1.165, 1.54) is 24.1 Å². The second kappa shape index (κ2) is 5.30. The molecule has 5 heteroatoms. The number of fused-ring (bicyclic) bond motifs is 1. The van der Waals surface area contributed by atoms with Crippen molar-refractivity contribution in [3.8, 4) is 0 Å². The number of morpholine rings is 1. The van der Waals surface area contributed by atoms with Crippen LogP contribution in [0.5, 0.6) is 0 Å². The lowest BCUT2D eigenvalue weighted by molar-refractivity contribution is 0.0638. The average molecular weight is 288 g/mol. The molecule has 1 aromatic heterocycles. The van der Waals surface area contributed by atoms with E-state index in [0.29, 0.717) is 13.2 Å². The number of nitrogens with zero attached hydrogens (tertiary/aromatic N) is 2.